The van der Waals surface area contributed by atoms with Crippen molar-refractivity contribution >= 4 is 10.0 Å². The summed E-state index contributed by atoms with van der Waals surface area (Å²) in [5.74, 6) is -0.709. The van der Waals surface area contributed by atoms with E-state index in [-0.39, 0.29) is 10.5 Å². The van der Waals surface area contributed by atoms with Crippen molar-refractivity contribution in [3.63, 3.8) is 0 Å². The van der Waals surface area contributed by atoms with Gasteiger partial charge in [-0.25, -0.2) is 12.8 Å². The van der Waals surface area contributed by atoms with Crippen molar-refractivity contribution < 1.29 is 12.8 Å². The van der Waals surface area contributed by atoms with Gasteiger partial charge in [-0.2, -0.15) is 9.57 Å². The van der Waals surface area contributed by atoms with Crippen LogP contribution < -0.4 is 0 Å². The van der Waals surface area contributed by atoms with Crippen molar-refractivity contribution in [2.45, 2.75) is 31.6 Å². The highest BCUT2D eigenvalue weighted by Crippen LogP contribution is 2.19. The molecule has 1 aromatic rings. The van der Waals surface area contributed by atoms with E-state index in [1.807, 2.05) is 13.8 Å². The van der Waals surface area contributed by atoms with Crippen LogP contribution in [0.4, 0.5) is 4.39 Å². The molecule has 19 heavy (non-hydrogen) atoms. The Morgan fingerprint density at radius 3 is 2.32 bits per heavy atom. The molecule has 0 heterocycles. The average Bonchev–Trinajstić information content (AvgIpc) is 2.38. The highest BCUT2D eigenvalue weighted by molar-refractivity contribution is 7.89. The molecule has 0 N–H and O–H groups in total. The molecule has 0 radical (unpaired) electrons. The highest BCUT2D eigenvalue weighted by atomic mass is 32.2. The molecule has 0 aliphatic carbocycles. The molecule has 0 bridgehead atoms. The maximum absolute atomic E-state index is 13.2. The summed E-state index contributed by atoms with van der Waals surface area (Å²) in [6.07, 6.45) is 1.40. The van der Waals surface area contributed by atoms with Crippen molar-refractivity contribution in [2.24, 2.45) is 0 Å². The predicted molar refractivity (Wildman–Crippen MR) is 70.5 cm³/mol. The number of nitrogens with zero attached hydrogens (tertiary/aromatic N) is 2. The van der Waals surface area contributed by atoms with Gasteiger partial charge in [0, 0.05) is 13.1 Å². The van der Waals surface area contributed by atoms with E-state index in [9.17, 15) is 12.8 Å². The fraction of sp³-hybridized carbons (Fsp3) is 0.462. The molecule has 104 valence electrons. The number of hydrogen-bond acceptors (Lipinski definition) is 3. The Bertz CT molecular complexity index is 573. The molecule has 1 rings (SSSR count). The Labute approximate surface area is 113 Å². The first-order chi connectivity index (χ1) is 8.97. The molecule has 6 heteroatoms. The molecule has 0 unspecified atom stereocenters. The van der Waals surface area contributed by atoms with Gasteiger partial charge in [-0.15, -0.1) is 0 Å². The fourth-order valence-electron chi connectivity index (χ4n) is 1.75. The summed E-state index contributed by atoms with van der Waals surface area (Å²) in [5, 5.41) is 8.76. The molecule has 0 fully saturated rings. The van der Waals surface area contributed by atoms with E-state index in [0.29, 0.717) is 25.9 Å². The third-order valence-corrected chi connectivity index (χ3v) is 4.54. The predicted octanol–water partition coefficient (Wildman–Crippen LogP) is 2.51. The van der Waals surface area contributed by atoms with Crippen LogP contribution in [0.25, 0.3) is 0 Å². The number of hydrogen-bond donors (Lipinski definition) is 0. The monoisotopic (exact) mass is 284 g/mol. The van der Waals surface area contributed by atoms with Gasteiger partial charge >= 0.3 is 0 Å². The molecule has 1 aromatic carbocycles. The zero-order chi connectivity index (χ0) is 14.5. The van der Waals surface area contributed by atoms with Gasteiger partial charge in [0.2, 0.25) is 10.0 Å². The Hall–Kier alpha value is -1.45. The Balaban J connectivity index is 3.22. The van der Waals surface area contributed by atoms with Gasteiger partial charge in [0.05, 0.1) is 10.5 Å². The molecule has 0 aromatic heterocycles. The van der Waals surface area contributed by atoms with Crippen LogP contribution in [0.3, 0.4) is 0 Å². The van der Waals surface area contributed by atoms with E-state index in [1.165, 1.54) is 10.4 Å². The first-order valence-electron chi connectivity index (χ1n) is 6.17. The smallest absolute Gasteiger partial charge is 0.207 e. The first kappa shape index (κ1) is 15.6. The van der Waals surface area contributed by atoms with Crippen LogP contribution >= 0.6 is 0 Å². The molecule has 0 saturated heterocycles. The second-order valence-corrected chi connectivity index (χ2v) is 6.10. The van der Waals surface area contributed by atoms with E-state index < -0.39 is 15.8 Å². The normalized spacial score (nSPS) is 11.5. The molecule has 0 atom stereocenters. The zero-order valence-electron chi connectivity index (χ0n) is 11.1. The highest BCUT2D eigenvalue weighted by Gasteiger charge is 2.23. The van der Waals surface area contributed by atoms with Crippen LogP contribution in [0.1, 0.15) is 32.3 Å². The fourth-order valence-corrected chi connectivity index (χ4v) is 3.40. The summed E-state index contributed by atoms with van der Waals surface area (Å²) >= 11 is 0. The van der Waals surface area contributed by atoms with Crippen molar-refractivity contribution in [3.8, 4) is 6.07 Å². The van der Waals surface area contributed by atoms with Gasteiger partial charge in [0.15, 0.2) is 0 Å². The summed E-state index contributed by atoms with van der Waals surface area (Å²) in [7, 11) is -3.66. The molecular weight excluding hydrogens is 267 g/mol. The molecular formula is C13H17FN2O2S. The van der Waals surface area contributed by atoms with Crippen molar-refractivity contribution in [1.29, 1.82) is 5.26 Å². The minimum absolute atomic E-state index is 0.0349. The minimum Gasteiger partial charge on any atom is -0.207 e. The van der Waals surface area contributed by atoms with Gasteiger partial charge in [-0.1, -0.05) is 13.8 Å². The van der Waals surface area contributed by atoms with Crippen molar-refractivity contribution in [3.05, 3.63) is 29.6 Å². The standard InChI is InChI=1S/C13H17FN2O2S/c1-3-7-16(8-4-2)19(17,18)12-5-6-13(14)11(9-12)10-15/h5-6,9H,3-4,7-8H2,1-2H3. The van der Waals surface area contributed by atoms with E-state index in [0.717, 1.165) is 12.1 Å². The largest absolute Gasteiger partial charge is 0.243 e. The molecule has 4 nitrogen and oxygen atoms in total. The summed E-state index contributed by atoms with van der Waals surface area (Å²) < 4.78 is 39.4. The Morgan fingerprint density at radius 1 is 1.26 bits per heavy atom. The van der Waals surface area contributed by atoms with Gasteiger partial charge in [0.25, 0.3) is 0 Å². The zero-order valence-corrected chi connectivity index (χ0v) is 11.9. The summed E-state index contributed by atoms with van der Waals surface area (Å²) in [5.41, 5.74) is -0.256. The van der Waals surface area contributed by atoms with Gasteiger partial charge in [-0.3, -0.25) is 0 Å². The second-order valence-electron chi connectivity index (χ2n) is 4.16. The van der Waals surface area contributed by atoms with Crippen LogP contribution in [0.5, 0.6) is 0 Å². The van der Waals surface area contributed by atoms with E-state index in [2.05, 4.69) is 0 Å². The summed E-state index contributed by atoms with van der Waals surface area (Å²) in [6, 6.07) is 4.95. The number of nitriles is 1. The van der Waals surface area contributed by atoms with Crippen LogP contribution in [0.2, 0.25) is 0 Å². The lowest BCUT2D eigenvalue weighted by atomic mass is 10.2. The molecule has 0 spiro atoms. The Morgan fingerprint density at radius 2 is 1.84 bits per heavy atom. The van der Waals surface area contributed by atoms with Crippen molar-refractivity contribution in [1.82, 2.24) is 4.31 Å². The van der Waals surface area contributed by atoms with E-state index >= 15 is 0 Å². The minimum atomic E-state index is -3.66. The van der Waals surface area contributed by atoms with Crippen LogP contribution in [0, 0.1) is 17.1 Å². The van der Waals surface area contributed by atoms with E-state index in [4.69, 9.17) is 5.26 Å². The van der Waals surface area contributed by atoms with E-state index in [1.54, 1.807) is 6.07 Å². The molecule has 0 saturated carbocycles. The van der Waals surface area contributed by atoms with Gasteiger partial charge in [-0.05, 0) is 31.0 Å². The first-order valence-corrected chi connectivity index (χ1v) is 7.61. The third-order valence-electron chi connectivity index (χ3n) is 2.64. The Kier molecular flexibility index (Phi) is 5.45. The van der Waals surface area contributed by atoms with Crippen molar-refractivity contribution in [2.75, 3.05) is 13.1 Å². The molecule has 0 amide bonds. The quantitative estimate of drug-likeness (QED) is 0.806. The maximum atomic E-state index is 13.2. The van der Waals surface area contributed by atoms with Gasteiger partial charge in [0.1, 0.15) is 11.9 Å². The molecule has 0 aliphatic rings. The number of sulfonamides is 1. The van der Waals surface area contributed by atoms with Crippen LogP contribution in [-0.2, 0) is 10.0 Å². The van der Waals surface area contributed by atoms with Crippen LogP contribution in [-0.4, -0.2) is 25.8 Å². The van der Waals surface area contributed by atoms with Crippen LogP contribution in [0.15, 0.2) is 23.1 Å². The maximum Gasteiger partial charge on any atom is 0.243 e. The topological polar surface area (TPSA) is 61.2 Å². The number of halogens is 1. The third kappa shape index (κ3) is 3.52. The lowest BCUT2D eigenvalue weighted by Crippen LogP contribution is -2.32. The summed E-state index contributed by atoms with van der Waals surface area (Å²) in [4.78, 5) is -0.0349. The lowest BCUT2D eigenvalue weighted by Gasteiger charge is -2.21. The molecule has 0 aliphatic heterocycles. The average molecular weight is 284 g/mol. The SMILES string of the molecule is CCCN(CCC)S(=O)(=O)c1ccc(F)c(C#N)c1. The lowest BCUT2D eigenvalue weighted by molar-refractivity contribution is 0.410. The second kappa shape index (κ2) is 6.64. The summed E-state index contributed by atoms with van der Waals surface area (Å²) in [6.45, 7) is 4.61. The number of benzene rings is 1. The van der Waals surface area contributed by atoms with Gasteiger partial charge < -0.3 is 0 Å². The number of rotatable bonds is 6.